The quantitative estimate of drug-likeness (QED) is 0.414. The van der Waals surface area contributed by atoms with Crippen molar-refractivity contribution in [1.82, 2.24) is 16.0 Å². The fraction of sp³-hybridized carbons (Fsp3) is 0.333. The van der Waals surface area contributed by atoms with Crippen LogP contribution < -0.4 is 16.0 Å². The lowest BCUT2D eigenvalue weighted by molar-refractivity contribution is -0.139. The molecule has 2 aromatic carbocycles. The smallest absolute Gasteiger partial charge is 0.408 e. The van der Waals surface area contributed by atoms with Crippen LogP contribution in [0.5, 0.6) is 0 Å². The van der Waals surface area contributed by atoms with Gasteiger partial charge in [0, 0.05) is 6.54 Å². The van der Waals surface area contributed by atoms with E-state index in [1.165, 1.54) is 6.92 Å². The number of rotatable bonds is 8. The molecule has 188 valence electrons. The molecular formula is C24H27Cl2N3O6. The molecule has 2 rings (SSSR count). The maximum atomic E-state index is 12.8. The highest BCUT2D eigenvalue weighted by atomic mass is 35.5. The van der Waals surface area contributed by atoms with E-state index in [2.05, 4.69) is 16.0 Å². The van der Waals surface area contributed by atoms with Crippen LogP contribution in [0.3, 0.4) is 0 Å². The Hall–Kier alpha value is -3.30. The molecule has 0 saturated carbocycles. The first-order chi connectivity index (χ1) is 16.3. The number of carboxylic acid groups (broad SMARTS) is 1. The molecule has 2 aromatic rings. The lowest BCUT2D eigenvalue weighted by atomic mass is 10.0. The van der Waals surface area contributed by atoms with Crippen molar-refractivity contribution in [3.05, 3.63) is 58.1 Å². The highest BCUT2D eigenvalue weighted by molar-refractivity contribution is 6.40. The number of carbonyl (C=O) groups excluding carboxylic acids is 3. The van der Waals surface area contributed by atoms with Crippen LogP contribution in [0.1, 0.15) is 38.1 Å². The highest BCUT2D eigenvalue weighted by Crippen LogP contribution is 2.31. The molecule has 4 N–H and O–H groups in total. The number of hydrogen-bond acceptors (Lipinski definition) is 5. The van der Waals surface area contributed by atoms with E-state index in [1.807, 2.05) is 30.3 Å². The number of halogens is 2. The van der Waals surface area contributed by atoms with E-state index in [4.69, 9.17) is 27.9 Å². The summed E-state index contributed by atoms with van der Waals surface area (Å²) in [4.78, 5) is 48.5. The fourth-order valence-corrected chi connectivity index (χ4v) is 3.58. The van der Waals surface area contributed by atoms with Crippen molar-refractivity contribution in [2.24, 2.45) is 0 Å². The topological polar surface area (TPSA) is 134 Å². The molecule has 0 fully saturated rings. The van der Waals surface area contributed by atoms with Gasteiger partial charge in [-0.2, -0.15) is 0 Å². The summed E-state index contributed by atoms with van der Waals surface area (Å²) in [6.07, 6.45) is -0.800. The number of nitrogens with one attached hydrogen (secondary N) is 3. The van der Waals surface area contributed by atoms with Gasteiger partial charge in [-0.1, -0.05) is 53.5 Å². The van der Waals surface area contributed by atoms with Crippen molar-refractivity contribution >= 4 is 47.1 Å². The van der Waals surface area contributed by atoms with Gasteiger partial charge in [-0.25, -0.2) is 9.59 Å². The molecule has 0 heterocycles. The normalized spacial score (nSPS) is 12.7. The summed E-state index contributed by atoms with van der Waals surface area (Å²) in [7, 11) is 0. The van der Waals surface area contributed by atoms with Gasteiger partial charge in [-0.05, 0) is 51.0 Å². The standard InChI is InChI=1S/C24H27Cl2N3O6/c1-13(28-23(34)35-24(2,3)4)20(30)27-12-18(22(32)33)29-21(31)19-16(25)10-15(11-17(19)26)14-8-6-5-7-9-14/h5-11,13,18H,12H2,1-4H3,(H,27,30)(H,28,34)(H,29,31)(H,32,33)/t13-,18?/m0/s1. The lowest BCUT2D eigenvalue weighted by Crippen LogP contribution is -2.52. The van der Waals surface area contributed by atoms with Crippen molar-refractivity contribution in [2.75, 3.05) is 6.54 Å². The molecule has 0 aliphatic heterocycles. The minimum Gasteiger partial charge on any atom is -0.480 e. The zero-order valence-corrected chi connectivity index (χ0v) is 21.2. The summed E-state index contributed by atoms with van der Waals surface area (Å²) in [5.41, 5.74) is 0.681. The van der Waals surface area contributed by atoms with Crippen molar-refractivity contribution in [2.45, 2.75) is 45.4 Å². The molecule has 35 heavy (non-hydrogen) atoms. The van der Waals surface area contributed by atoms with Crippen molar-refractivity contribution in [3.63, 3.8) is 0 Å². The van der Waals surface area contributed by atoms with Gasteiger partial charge in [0.1, 0.15) is 17.7 Å². The molecular weight excluding hydrogens is 497 g/mol. The molecule has 0 aromatic heterocycles. The minimum absolute atomic E-state index is 0.0391. The minimum atomic E-state index is -1.49. The van der Waals surface area contributed by atoms with Gasteiger partial charge >= 0.3 is 12.1 Å². The Labute approximate surface area is 213 Å². The zero-order valence-electron chi connectivity index (χ0n) is 19.6. The average molecular weight is 524 g/mol. The SMILES string of the molecule is C[C@H](NC(=O)OC(C)(C)C)C(=O)NCC(NC(=O)c1c(Cl)cc(-c2ccccc2)cc1Cl)C(=O)O. The van der Waals surface area contributed by atoms with Gasteiger partial charge < -0.3 is 25.8 Å². The van der Waals surface area contributed by atoms with Gasteiger partial charge in [0.2, 0.25) is 5.91 Å². The van der Waals surface area contributed by atoms with E-state index in [9.17, 15) is 24.3 Å². The number of alkyl carbamates (subject to hydrolysis) is 1. The van der Waals surface area contributed by atoms with Crippen molar-refractivity contribution in [3.8, 4) is 11.1 Å². The van der Waals surface area contributed by atoms with Gasteiger partial charge in [-0.3, -0.25) is 9.59 Å². The first kappa shape index (κ1) is 27.9. The van der Waals surface area contributed by atoms with Gasteiger partial charge in [0.15, 0.2) is 0 Å². The number of amides is 3. The second-order valence-electron chi connectivity index (χ2n) is 8.66. The Morgan fingerprint density at radius 3 is 2.06 bits per heavy atom. The van der Waals surface area contributed by atoms with E-state index < -0.39 is 48.1 Å². The number of benzene rings is 2. The van der Waals surface area contributed by atoms with E-state index in [1.54, 1.807) is 32.9 Å². The highest BCUT2D eigenvalue weighted by Gasteiger charge is 2.26. The number of carbonyl (C=O) groups is 4. The average Bonchev–Trinajstić information content (AvgIpc) is 2.74. The first-order valence-electron chi connectivity index (χ1n) is 10.6. The molecule has 11 heteroatoms. The summed E-state index contributed by atoms with van der Waals surface area (Å²) < 4.78 is 5.08. The summed E-state index contributed by atoms with van der Waals surface area (Å²) >= 11 is 12.6. The molecule has 0 radical (unpaired) electrons. The third-order valence-corrected chi connectivity index (χ3v) is 5.18. The molecule has 9 nitrogen and oxygen atoms in total. The van der Waals surface area contributed by atoms with Crippen LogP contribution in [0.4, 0.5) is 4.79 Å². The molecule has 0 aliphatic carbocycles. The van der Waals surface area contributed by atoms with Crippen LogP contribution in [0.25, 0.3) is 11.1 Å². The van der Waals surface area contributed by atoms with E-state index in [0.29, 0.717) is 5.56 Å². The van der Waals surface area contributed by atoms with E-state index >= 15 is 0 Å². The third kappa shape index (κ3) is 8.45. The largest absolute Gasteiger partial charge is 0.480 e. The monoisotopic (exact) mass is 523 g/mol. The fourth-order valence-electron chi connectivity index (χ4n) is 2.92. The Kier molecular flexibility index (Phi) is 9.50. The summed E-state index contributed by atoms with van der Waals surface area (Å²) in [6.45, 7) is 5.97. The second-order valence-corrected chi connectivity index (χ2v) is 9.47. The number of hydrogen-bond donors (Lipinski definition) is 4. The summed E-state index contributed by atoms with van der Waals surface area (Å²) in [6, 6.07) is 9.85. The maximum Gasteiger partial charge on any atom is 0.408 e. The van der Waals surface area contributed by atoms with Gasteiger partial charge in [0.25, 0.3) is 5.91 Å². The Balaban J connectivity index is 2.04. The third-order valence-electron chi connectivity index (χ3n) is 4.59. The molecule has 0 aliphatic rings. The lowest BCUT2D eigenvalue weighted by Gasteiger charge is -2.22. The summed E-state index contributed by atoms with van der Waals surface area (Å²) in [5, 5.41) is 16.6. The Bertz CT molecular complexity index is 1080. The van der Waals surface area contributed by atoms with Crippen LogP contribution in [0, 0.1) is 0 Å². The van der Waals surface area contributed by atoms with Crippen molar-refractivity contribution in [1.29, 1.82) is 0 Å². The van der Waals surface area contributed by atoms with Crippen LogP contribution in [0.15, 0.2) is 42.5 Å². The predicted molar refractivity (Wildman–Crippen MR) is 133 cm³/mol. The molecule has 0 spiro atoms. The van der Waals surface area contributed by atoms with Crippen LogP contribution >= 0.6 is 23.2 Å². The predicted octanol–water partition coefficient (Wildman–Crippen LogP) is 3.87. The number of carboxylic acids is 1. The zero-order chi connectivity index (χ0) is 26.3. The molecule has 2 atom stereocenters. The molecule has 1 unspecified atom stereocenters. The second kappa shape index (κ2) is 11.9. The van der Waals surface area contributed by atoms with Crippen LogP contribution in [0.2, 0.25) is 10.0 Å². The Morgan fingerprint density at radius 1 is 0.971 bits per heavy atom. The first-order valence-corrected chi connectivity index (χ1v) is 11.4. The van der Waals surface area contributed by atoms with Crippen LogP contribution in [-0.4, -0.2) is 53.2 Å². The van der Waals surface area contributed by atoms with Gasteiger partial charge in [0.05, 0.1) is 15.6 Å². The van der Waals surface area contributed by atoms with E-state index in [0.717, 1.165) is 5.56 Å². The number of aliphatic carboxylic acids is 1. The number of ether oxygens (including phenoxy) is 1. The van der Waals surface area contributed by atoms with E-state index in [-0.39, 0.29) is 15.6 Å². The molecule has 3 amide bonds. The Morgan fingerprint density at radius 2 is 1.54 bits per heavy atom. The molecule has 0 saturated heterocycles. The van der Waals surface area contributed by atoms with Gasteiger partial charge in [-0.15, -0.1) is 0 Å². The maximum absolute atomic E-state index is 12.8. The van der Waals surface area contributed by atoms with Crippen LogP contribution in [-0.2, 0) is 14.3 Å². The van der Waals surface area contributed by atoms with Crippen molar-refractivity contribution < 1.29 is 29.0 Å². The summed E-state index contributed by atoms with van der Waals surface area (Å²) in [5.74, 6) is -2.87. The molecule has 0 bridgehead atoms.